The minimum atomic E-state index is -0.731. The summed E-state index contributed by atoms with van der Waals surface area (Å²) in [5.41, 5.74) is 0.515. The van der Waals surface area contributed by atoms with Gasteiger partial charge in [-0.3, -0.25) is 9.59 Å². The molecule has 0 unspecified atom stereocenters. The highest BCUT2D eigenvalue weighted by molar-refractivity contribution is 5.94. The number of benzene rings is 1. The number of hydrogen-bond acceptors (Lipinski definition) is 5. The Morgan fingerprint density at radius 3 is 2.18 bits per heavy atom. The van der Waals surface area contributed by atoms with Gasteiger partial charge >= 0.3 is 12.0 Å². The standard InChI is InChI=1S/C24H35N3O6/c1-2-32-19-11-15-27(16-12-19)24(31)26-14-13-25-22(28)17-3-7-20(8-4-17)33-21-9-5-18(6-10-21)23(29)30/h3-4,7-8,18-19,21H,2,5-6,9-16H2,1H3,(H,25,28)(H,26,31)(H,29,30)/t18-,21+. The van der Waals surface area contributed by atoms with Crippen LogP contribution in [0.2, 0.25) is 0 Å². The van der Waals surface area contributed by atoms with Crippen molar-refractivity contribution in [2.24, 2.45) is 5.92 Å². The third-order valence-corrected chi connectivity index (χ3v) is 6.26. The molecule has 2 aliphatic rings. The van der Waals surface area contributed by atoms with Crippen LogP contribution < -0.4 is 15.4 Å². The fourth-order valence-electron chi connectivity index (χ4n) is 4.33. The number of nitrogens with one attached hydrogen (secondary N) is 2. The molecule has 0 atom stereocenters. The Bertz CT molecular complexity index is 784. The Morgan fingerprint density at radius 2 is 1.58 bits per heavy atom. The molecule has 182 valence electrons. The first-order chi connectivity index (χ1) is 16.0. The van der Waals surface area contributed by atoms with E-state index < -0.39 is 5.97 Å². The number of carbonyl (C=O) groups excluding carboxylic acids is 2. The van der Waals surface area contributed by atoms with Crippen molar-refractivity contribution in [3.05, 3.63) is 29.8 Å². The van der Waals surface area contributed by atoms with Crippen molar-refractivity contribution in [2.45, 2.75) is 57.7 Å². The average molecular weight is 462 g/mol. The first-order valence-corrected chi connectivity index (χ1v) is 11.9. The van der Waals surface area contributed by atoms with E-state index in [1.807, 2.05) is 6.92 Å². The number of nitrogens with zero attached hydrogens (tertiary/aromatic N) is 1. The van der Waals surface area contributed by atoms with Gasteiger partial charge in [-0.1, -0.05) is 0 Å². The van der Waals surface area contributed by atoms with E-state index in [9.17, 15) is 14.4 Å². The smallest absolute Gasteiger partial charge is 0.317 e. The van der Waals surface area contributed by atoms with Crippen LogP contribution in [0.1, 0.15) is 55.8 Å². The Labute approximate surface area is 194 Å². The van der Waals surface area contributed by atoms with Gasteiger partial charge in [0.2, 0.25) is 0 Å². The van der Waals surface area contributed by atoms with Gasteiger partial charge in [0.25, 0.3) is 5.91 Å². The summed E-state index contributed by atoms with van der Waals surface area (Å²) in [6.07, 6.45) is 4.63. The highest BCUT2D eigenvalue weighted by Crippen LogP contribution is 2.28. The van der Waals surface area contributed by atoms with Crippen molar-refractivity contribution < 1.29 is 29.0 Å². The molecule has 1 saturated carbocycles. The van der Waals surface area contributed by atoms with Crippen LogP contribution in [0.25, 0.3) is 0 Å². The SMILES string of the molecule is CCOC1CCN(C(=O)NCCNC(=O)c2ccc(O[C@H]3CC[C@@H](C(=O)O)CC3)cc2)CC1. The average Bonchev–Trinajstić information content (AvgIpc) is 2.83. The first kappa shape index (κ1) is 24.8. The number of amides is 3. The van der Waals surface area contributed by atoms with Crippen LogP contribution in [-0.2, 0) is 9.53 Å². The second kappa shape index (κ2) is 12.4. The lowest BCUT2D eigenvalue weighted by molar-refractivity contribution is -0.143. The highest BCUT2D eigenvalue weighted by atomic mass is 16.5. The molecule has 0 aromatic heterocycles. The fraction of sp³-hybridized carbons (Fsp3) is 0.625. The lowest BCUT2D eigenvalue weighted by atomic mass is 9.87. The fourth-order valence-corrected chi connectivity index (χ4v) is 4.33. The molecule has 1 aromatic rings. The van der Waals surface area contributed by atoms with Gasteiger partial charge in [-0.15, -0.1) is 0 Å². The zero-order chi connectivity index (χ0) is 23.6. The molecule has 3 N–H and O–H groups in total. The summed E-state index contributed by atoms with van der Waals surface area (Å²) in [4.78, 5) is 37.4. The summed E-state index contributed by atoms with van der Waals surface area (Å²) in [6.45, 7) is 4.73. The van der Waals surface area contributed by atoms with E-state index in [1.165, 1.54) is 0 Å². The van der Waals surface area contributed by atoms with Crippen molar-refractivity contribution in [3.8, 4) is 5.75 Å². The lowest BCUT2D eigenvalue weighted by Gasteiger charge is -2.31. The van der Waals surface area contributed by atoms with Gasteiger partial charge in [-0.25, -0.2) is 4.79 Å². The van der Waals surface area contributed by atoms with Gasteiger partial charge < -0.3 is 30.1 Å². The lowest BCUT2D eigenvalue weighted by Crippen LogP contribution is -2.47. The maximum Gasteiger partial charge on any atom is 0.317 e. The Hall–Kier alpha value is -2.81. The molecule has 33 heavy (non-hydrogen) atoms. The number of piperidine rings is 1. The number of ether oxygens (including phenoxy) is 2. The van der Waals surface area contributed by atoms with Crippen molar-refractivity contribution in [2.75, 3.05) is 32.8 Å². The summed E-state index contributed by atoms with van der Waals surface area (Å²) < 4.78 is 11.5. The molecule has 1 aliphatic heterocycles. The van der Waals surface area contributed by atoms with Gasteiger partial charge in [-0.05, 0) is 69.7 Å². The maximum absolute atomic E-state index is 12.3. The van der Waals surface area contributed by atoms with Crippen LogP contribution >= 0.6 is 0 Å². The largest absolute Gasteiger partial charge is 0.490 e. The molecule has 1 heterocycles. The zero-order valence-electron chi connectivity index (χ0n) is 19.3. The van der Waals surface area contributed by atoms with Crippen LogP contribution in [0.4, 0.5) is 4.79 Å². The number of carbonyl (C=O) groups is 3. The summed E-state index contributed by atoms with van der Waals surface area (Å²) in [6, 6.07) is 6.80. The third-order valence-electron chi connectivity index (χ3n) is 6.26. The van der Waals surface area contributed by atoms with Crippen LogP contribution in [0.3, 0.4) is 0 Å². The predicted octanol–water partition coefficient (Wildman–Crippen LogP) is 2.65. The molecule has 0 radical (unpaired) electrons. The van der Waals surface area contributed by atoms with Gasteiger partial charge in [0.1, 0.15) is 5.75 Å². The van der Waals surface area contributed by atoms with E-state index in [1.54, 1.807) is 29.2 Å². The zero-order valence-corrected chi connectivity index (χ0v) is 19.3. The van der Waals surface area contributed by atoms with Gasteiger partial charge in [0, 0.05) is 38.3 Å². The molecule has 2 fully saturated rings. The van der Waals surface area contributed by atoms with E-state index in [2.05, 4.69) is 10.6 Å². The van der Waals surface area contributed by atoms with Crippen molar-refractivity contribution in [1.29, 1.82) is 0 Å². The summed E-state index contributed by atoms with van der Waals surface area (Å²) in [7, 11) is 0. The number of hydrogen-bond donors (Lipinski definition) is 3. The van der Waals surface area contributed by atoms with Crippen molar-refractivity contribution >= 4 is 17.9 Å². The molecule has 3 amide bonds. The highest BCUT2D eigenvalue weighted by Gasteiger charge is 2.27. The number of rotatable bonds is 9. The summed E-state index contributed by atoms with van der Waals surface area (Å²) >= 11 is 0. The third kappa shape index (κ3) is 7.63. The molecule has 9 nitrogen and oxygen atoms in total. The molecule has 1 aliphatic carbocycles. The van der Waals surface area contributed by atoms with E-state index in [0.717, 1.165) is 25.7 Å². The molecule has 1 aromatic carbocycles. The van der Waals surface area contributed by atoms with Gasteiger partial charge in [0.05, 0.1) is 18.1 Å². The Balaban J connectivity index is 1.32. The molecule has 0 spiro atoms. The number of carboxylic acids is 1. The maximum atomic E-state index is 12.3. The van der Waals surface area contributed by atoms with E-state index in [0.29, 0.717) is 56.9 Å². The van der Waals surface area contributed by atoms with Gasteiger partial charge in [-0.2, -0.15) is 0 Å². The Kier molecular flexibility index (Phi) is 9.35. The second-order valence-electron chi connectivity index (χ2n) is 8.58. The predicted molar refractivity (Wildman–Crippen MR) is 122 cm³/mol. The number of carboxylic acid groups (broad SMARTS) is 1. The number of aliphatic carboxylic acids is 1. The first-order valence-electron chi connectivity index (χ1n) is 11.9. The molecular weight excluding hydrogens is 426 g/mol. The molecular formula is C24H35N3O6. The van der Waals surface area contributed by atoms with Crippen molar-refractivity contribution in [1.82, 2.24) is 15.5 Å². The normalized spacial score (nSPS) is 21.3. The van der Waals surface area contributed by atoms with Crippen LogP contribution in [0.15, 0.2) is 24.3 Å². The summed E-state index contributed by atoms with van der Waals surface area (Å²) in [5.74, 6) is -0.542. The number of likely N-dealkylation sites (tertiary alicyclic amines) is 1. The van der Waals surface area contributed by atoms with Crippen molar-refractivity contribution in [3.63, 3.8) is 0 Å². The summed E-state index contributed by atoms with van der Waals surface area (Å²) in [5, 5.41) is 14.7. The van der Waals surface area contributed by atoms with Gasteiger partial charge in [0.15, 0.2) is 0 Å². The monoisotopic (exact) mass is 461 g/mol. The van der Waals surface area contributed by atoms with Crippen LogP contribution in [-0.4, -0.2) is 72.9 Å². The molecule has 1 saturated heterocycles. The molecule has 3 rings (SSSR count). The van der Waals surface area contributed by atoms with E-state index in [4.69, 9.17) is 14.6 Å². The van der Waals surface area contributed by atoms with E-state index in [-0.39, 0.29) is 30.1 Å². The topological polar surface area (TPSA) is 117 Å². The minimum absolute atomic E-state index is 0.00819. The minimum Gasteiger partial charge on any atom is -0.490 e. The van der Waals surface area contributed by atoms with Crippen LogP contribution in [0.5, 0.6) is 5.75 Å². The second-order valence-corrected chi connectivity index (χ2v) is 8.58. The molecule has 0 bridgehead atoms. The molecule has 9 heteroatoms. The quantitative estimate of drug-likeness (QED) is 0.487. The Morgan fingerprint density at radius 1 is 0.939 bits per heavy atom. The van der Waals surface area contributed by atoms with E-state index >= 15 is 0 Å². The van der Waals surface area contributed by atoms with Crippen LogP contribution in [0, 0.1) is 5.92 Å². The number of urea groups is 1.